The summed E-state index contributed by atoms with van der Waals surface area (Å²) in [7, 11) is 0. The number of aryl methyl sites for hydroxylation is 1. The normalized spacial score (nSPS) is 11.6. The van der Waals surface area contributed by atoms with Gasteiger partial charge in [-0.3, -0.25) is 19.9 Å². The van der Waals surface area contributed by atoms with E-state index < -0.39 is 34.6 Å². The van der Waals surface area contributed by atoms with Gasteiger partial charge in [-0.05, 0) is 25.1 Å². The molecule has 0 spiro atoms. The van der Waals surface area contributed by atoms with Crippen molar-refractivity contribution in [2.24, 2.45) is 0 Å². The quantitative estimate of drug-likeness (QED) is 0.386. The van der Waals surface area contributed by atoms with Crippen molar-refractivity contribution in [3.05, 3.63) is 75.2 Å². The van der Waals surface area contributed by atoms with Crippen LogP contribution >= 0.6 is 0 Å². The van der Waals surface area contributed by atoms with Crippen LogP contribution in [0.2, 0.25) is 0 Å². The summed E-state index contributed by atoms with van der Waals surface area (Å²) in [5, 5.41) is 11.9. The van der Waals surface area contributed by atoms with Gasteiger partial charge in [-0.15, -0.1) is 0 Å². The van der Waals surface area contributed by atoms with E-state index in [0.717, 1.165) is 10.9 Å². The fourth-order valence-electron chi connectivity index (χ4n) is 2.57. The van der Waals surface area contributed by atoms with Gasteiger partial charge >= 0.3 is 6.18 Å². The average molecular weight is 375 g/mol. The van der Waals surface area contributed by atoms with Gasteiger partial charge in [-0.1, -0.05) is 17.7 Å². The molecule has 0 aliphatic carbocycles. The standard InChI is InChI=1S/C18H12F3N3O3/c1-10-2-4-13-11(6-10)3-5-14(23-13)17(25)8-15-16(24(26)27)7-12(9-22-15)18(19,20)21/h2-7,9H,8H2,1H3. The number of aromatic nitrogens is 2. The number of nitro groups is 1. The van der Waals surface area contributed by atoms with Crippen LogP contribution in [0, 0.1) is 17.0 Å². The Balaban J connectivity index is 1.93. The third kappa shape index (κ3) is 3.91. The molecule has 0 saturated heterocycles. The molecule has 0 aliphatic heterocycles. The van der Waals surface area contributed by atoms with E-state index in [-0.39, 0.29) is 11.4 Å². The Morgan fingerprint density at radius 1 is 1.19 bits per heavy atom. The number of pyridine rings is 2. The fourth-order valence-corrected chi connectivity index (χ4v) is 2.57. The van der Waals surface area contributed by atoms with Gasteiger partial charge in [0.25, 0.3) is 5.69 Å². The van der Waals surface area contributed by atoms with Crippen LogP contribution in [0.5, 0.6) is 0 Å². The van der Waals surface area contributed by atoms with Crippen molar-refractivity contribution in [1.29, 1.82) is 0 Å². The zero-order chi connectivity index (χ0) is 19.8. The van der Waals surface area contributed by atoms with Crippen LogP contribution < -0.4 is 0 Å². The number of nitrogens with zero attached hydrogens (tertiary/aromatic N) is 3. The van der Waals surface area contributed by atoms with Crippen LogP contribution in [0.25, 0.3) is 10.9 Å². The maximum Gasteiger partial charge on any atom is 0.418 e. The number of rotatable bonds is 4. The second kappa shape index (κ2) is 6.75. The number of halogens is 3. The molecule has 0 N–H and O–H groups in total. The molecule has 0 aliphatic rings. The van der Waals surface area contributed by atoms with Crippen molar-refractivity contribution >= 4 is 22.4 Å². The number of ketones is 1. The molecule has 2 aromatic heterocycles. The van der Waals surface area contributed by atoms with Gasteiger partial charge in [-0.25, -0.2) is 4.98 Å². The topological polar surface area (TPSA) is 86.0 Å². The van der Waals surface area contributed by atoms with Crippen LogP contribution in [0.15, 0.2) is 42.6 Å². The summed E-state index contributed by atoms with van der Waals surface area (Å²) < 4.78 is 38.2. The van der Waals surface area contributed by atoms with Crippen molar-refractivity contribution in [3.8, 4) is 0 Å². The maximum absolute atomic E-state index is 12.7. The van der Waals surface area contributed by atoms with E-state index in [1.165, 1.54) is 6.07 Å². The van der Waals surface area contributed by atoms with E-state index in [1.807, 2.05) is 19.1 Å². The van der Waals surface area contributed by atoms with Crippen LogP contribution in [0.4, 0.5) is 18.9 Å². The molecule has 0 fully saturated rings. The lowest BCUT2D eigenvalue weighted by Crippen LogP contribution is -2.12. The minimum Gasteiger partial charge on any atom is -0.292 e. The minimum atomic E-state index is -4.77. The van der Waals surface area contributed by atoms with Crippen LogP contribution in [-0.2, 0) is 12.6 Å². The fraction of sp³-hybridized carbons (Fsp3) is 0.167. The highest BCUT2D eigenvalue weighted by atomic mass is 19.4. The highest BCUT2D eigenvalue weighted by molar-refractivity contribution is 5.98. The molecule has 9 heteroatoms. The third-order valence-corrected chi connectivity index (χ3v) is 3.93. The van der Waals surface area contributed by atoms with Crippen molar-refractivity contribution in [1.82, 2.24) is 9.97 Å². The Kier molecular flexibility index (Phi) is 4.61. The van der Waals surface area contributed by atoms with E-state index in [9.17, 15) is 28.1 Å². The Bertz CT molecular complexity index is 1060. The molecule has 1 aromatic carbocycles. The SMILES string of the molecule is Cc1ccc2nc(C(=O)Cc3ncc(C(F)(F)F)cc3[N+](=O)[O-])ccc2c1. The van der Waals surface area contributed by atoms with Crippen molar-refractivity contribution < 1.29 is 22.9 Å². The first-order valence-electron chi connectivity index (χ1n) is 7.76. The van der Waals surface area contributed by atoms with Crippen molar-refractivity contribution in [2.75, 3.05) is 0 Å². The summed E-state index contributed by atoms with van der Waals surface area (Å²) in [6.45, 7) is 1.91. The van der Waals surface area contributed by atoms with E-state index in [2.05, 4.69) is 9.97 Å². The molecule has 0 atom stereocenters. The zero-order valence-corrected chi connectivity index (χ0v) is 13.9. The van der Waals surface area contributed by atoms with Crippen molar-refractivity contribution in [2.45, 2.75) is 19.5 Å². The number of Topliss-reactive ketones (excluding diaryl/α,β-unsaturated/α-hetero) is 1. The van der Waals surface area contributed by atoms with E-state index >= 15 is 0 Å². The summed E-state index contributed by atoms with van der Waals surface area (Å²) in [4.78, 5) is 30.3. The minimum absolute atomic E-state index is 0.0577. The zero-order valence-electron chi connectivity index (χ0n) is 13.9. The number of alkyl halides is 3. The van der Waals surface area contributed by atoms with E-state index in [4.69, 9.17) is 0 Å². The number of carbonyl (C=O) groups is 1. The summed E-state index contributed by atoms with van der Waals surface area (Å²) in [5.74, 6) is -0.576. The van der Waals surface area contributed by atoms with Crippen molar-refractivity contribution in [3.63, 3.8) is 0 Å². The van der Waals surface area contributed by atoms with Gasteiger partial charge in [0.2, 0.25) is 0 Å². The molecule has 0 saturated carbocycles. The lowest BCUT2D eigenvalue weighted by atomic mass is 10.1. The van der Waals surface area contributed by atoms with Crippen LogP contribution in [0.1, 0.15) is 27.3 Å². The van der Waals surface area contributed by atoms with E-state index in [0.29, 0.717) is 17.8 Å². The monoisotopic (exact) mass is 375 g/mol. The summed E-state index contributed by atoms with van der Waals surface area (Å²) in [5.41, 5.74) is -0.792. The lowest BCUT2D eigenvalue weighted by Gasteiger charge is -2.08. The Morgan fingerprint density at radius 2 is 1.93 bits per heavy atom. The smallest absolute Gasteiger partial charge is 0.292 e. The van der Waals surface area contributed by atoms with Gasteiger partial charge in [0.15, 0.2) is 5.78 Å². The molecule has 0 bridgehead atoms. The highest BCUT2D eigenvalue weighted by Gasteiger charge is 2.34. The number of hydrogen-bond donors (Lipinski definition) is 0. The number of hydrogen-bond acceptors (Lipinski definition) is 5. The maximum atomic E-state index is 12.7. The molecule has 138 valence electrons. The summed E-state index contributed by atoms with van der Waals surface area (Å²) in [6.07, 6.45) is -4.82. The van der Waals surface area contributed by atoms with Gasteiger partial charge < -0.3 is 0 Å². The van der Waals surface area contributed by atoms with Gasteiger partial charge in [0.1, 0.15) is 11.4 Å². The Labute approximate surface area is 150 Å². The molecule has 2 heterocycles. The average Bonchev–Trinajstić information content (AvgIpc) is 2.60. The molecule has 3 aromatic rings. The molecule has 0 radical (unpaired) electrons. The van der Waals surface area contributed by atoms with E-state index in [1.54, 1.807) is 12.1 Å². The molecular weight excluding hydrogens is 363 g/mol. The predicted molar refractivity (Wildman–Crippen MR) is 90.4 cm³/mol. The Morgan fingerprint density at radius 3 is 2.59 bits per heavy atom. The second-order valence-corrected chi connectivity index (χ2v) is 5.94. The van der Waals surface area contributed by atoms with Crippen LogP contribution in [0.3, 0.4) is 0 Å². The third-order valence-electron chi connectivity index (χ3n) is 3.93. The second-order valence-electron chi connectivity index (χ2n) is 5.94. The largest absolute Gasteiger partial charge is 0.418 e. The summed E-state index contributed by atoms with van der Waals surface area (Å²) >= 11 is 0. The predicted octanol–water partition coefficient (Wildman–Crippen LogP) is 4.29. The highest BCUT2D eigenvalue weighted by Crippen LogP contribution is 2.32. The molecule has 3 rings (SSSR count). The molecule has 0 unspecified atom stereocenters. The van der Waals surface area contributed by atoms with Gasteiger partial charge in [0.05, 0.1) is 22.4 Å². The van der Waals surface area contributed by atoms with Gasteiger partial charge in [0, 0.05) is 17.6 Å². The van der Waals surface area contributed by atoms with Gasteiger partial charge in [-0.2, -0.15) is 13.2 Å². The molecular formula is C18H12F3N3O3. The summed E-state index contributed by atoms with van der Waals surface area (Å²) in [6, 6.07) is 8.99. The number of fused-ring (bicyclic) bond motifs is 1. The first kappa shape index (κ1) is 18.4. The lowest BCUT2D eigenvalue weighted by molar-refractivity contribution is -0.386. The number of benzene rings is 1. The number of carbonyl (C=O) groups excluding carboxylic acids is 1. The molecule has 6 nitrogen and oxygen atoms in total. The Hall–Kier alpha value is -3.36. The first-order valence-corrected chi connectivity index (χ1v) is 7.76. The van der Waals surface area contributed by atoms with Crippen LogP contribution in [-0.4, -0.2) is 20.7 Å². The molecule has 27 heavy (non-hydrogen) atoms. The first-order chi connectivity index (χ1) is 12.6. The molecule has 0 amide bonds.